The second-order valence-electron chi connectivity index (χ2n) is 6.38. The summed E-state index contributed by atoms with van der Waals surface area (Å²) in [5.41, 5.74) is 2.00. The van der Waals surface area contributed by atoms with Crippen LogP contribution in [-0.4, -0.2) is 34.6 Å². The SMILES string of the molecule is CCc1cc(N2CCO[C@@H](c3ccc(C)o3)C2)nc(-c2ccncc2)n1. The minimum atomic E-state index is -0.0816. The molecule has 1 aliphatic rings. The fraction of sp³-hybridized carbons (Fsp3) is 0.350. The molecule has 0 aliphatic carbocycles. The number of hydrogen-bond donors (Lipinski definition) is 0. The first-order valence-electron chi connectivity index (χ1n) is 8.94. The van der Waals surface area contributed by atoms with Crippen LogP contribution in [0.4, 0.5) is 5.82 Å². The molecule has 6 heteroatoms. The van der Waals surface area contributed by atoms with Crippen LogP contribution in [0, 0.1) is 6.92 Å². The molecule has 4 rings (SSSR count). The summed E-state index contributed by atoms with van der Waals surface area (Å²) in [6, 6.07) is 9.90. The van der Waals surface area contributed by atoms with Crippen LogP contribution in [0.5, 0.6) is 0 Å². The molecular weight excluding hydrogens is 328 g/mol. The van der Waals surface area contributed by atoms with Crippen molar-refractivity contribution < 1.29 is 9.15 Å². The van der Waals surface area contributed by atoms with Crippen molar-refractivity contribution >= 4 is 5.82 Å². The highest BCUT2D eigenvalue weighted by Crippen LogP contribution is 2.28. The van der Waals surface area contributed by atoms with Crippen LogP contribution in [0.3, 0.4) is 0 Å². The summed E-state index contributed by atoms with van der Waals surface area (Å²) in [7, 11) is 0. The van der Waals surface area contributed by atoms with Gasteiger partial charge in [0.05, 0.1) is 13.2 Å². The van der Waals surface area contributed by atoms with Gasteiger partial charge in [-0.1, -0.05) is 6.92 Å². The largest absolute Gasteiger partial charge is 0.464 e. The highest BCUT2D eigenvalue weighted by molar-refractivity contribution is 5.57. The Morgan fingerprint density at radius 3 is 2.73 bits per heavy atom. The van der Waals surface area contributed by atoms with Crippen LogP contribution in [0.25, 0.3) is 11.4 Å². The monoisotopic (exact) mass is 350 g/mol. The maximum absolute atomic E-state index is 5.91. The molecule has 0 aromatic carbocycles. The molecule has 0 N–H and O–H groups in total. The number of nitrogens with zero attached hydrogens (tertiary/aromatic N) is 4. The molecule has 3 aromatic rings. The van der Waals surface area contributed by atoms with Crippen molar-refractivity contribution in [3.8, 4) is 11.4 Å². The first kappa shape index (κ1) is 16.7. The molecule has 1 atom stereocenters. The molecule has 0 bridgehead atoms. The molecule has 6 nitrogen and oxygen atoms in total. The van der Waals surface area contributed by atoms with E-state index in [1.54, 1.807) is 12.4 Å². The smallest absolute Gasteiger partial charge is 0.161 e. The van der Waals surface area contributed by atoms with E-state index in [4.69, 9.17) is 14.1 Å². The quantitative estimate of drug-likeness (QED) is 0.717. The van der Waals surface area contributed by atoms with Crippen molar-refractivity contribution in [2.24, 2.45) is 0 Å². The number of furan rings is 1. The lowest BCUT2D eigenvalue weighted by atomic mass is 10.2. The number of ether oxygens (including phenoxy) is 1. The maximum atomic E-state index is 5.91. The summed E-state index contributed by atoms with van der Waals surface area (Å²) in [5, 5.41) is 0. The predicted octanol–water partition coefficient (Wildman–Crippen LogP) is 3.58. The fourth-order valence-electron chi connectivity index (χ4n) is 3.11. The molecule has 0 saturated carbocycles. The van der Waals surface area contributed by atoms with Gasteiger partial charge in [-0.25, -0.2) is 9.97 Å². The summed E-state index contributed by atoms with van der Waals surface area (Å²) in [5.74, 6) is 3.43. The number of morpholine rings is 1. The lowest BCUT2D eigenvalue weighted by molar-refractivity contribution is 0.0250. The van der Waals surface area contributed by atoms with Crippen molar-refractivity contribution in [1.29, 1.82) is 0 Å². The van der Waals surface area contributed by atoms with Gasteiger partial charge in [0.1, 0.15) is 23.4 Å². The van der Waals surface area contributed by atoms with Crippen LogP contribution in [0.1, 0.15) is 30.2 Å². The first-order valence-corrected chi connectivity index (χ1v) is 8.94. The van der Waals surface area contributed by atoms with Crippen molar-refractivity contribution in [2.45, 2.75) is 26.4 Å². The Kier molecular flexibility index (Phi) is 4.67. The van der Waals surface area contributed by atoms with Gasteiger partial charge < -0.3 is 14.1 Å². The molecule has 0 spiro atoms. The topological polar surface area (TPSA) is 64.3 Å². The van der Waals surface area contributed by atoms with Crippen LogP contribution >= 0.6 is 0 Å². The number of rotatable bonds is 4. The molecule has 26 heavy (non-hydrogen) atoms. The van der Waals surface area contributed by atoms with Crippen molar-refractivity contribution in [3.63, 3.8) is 0 Å². The standard InChI is InChI=1S/C20H22N4O2/c1-3-16-12-19(23-20(22-16)15-6-8-21-9-7-15)24-10-11-25-18(13-24)17-5-4-14(2)26-17/h4-9,12,18H,3,10-11,13H2,1-2H3/t18-/m1/s1. The van der Waals surface area contributed by atoms with Gasteiger partial charge in [-0.2, -0.15) is 0 Å². The van der Waals surface area contributed by atoms with Crippen molar-refractivity contribution in [2.75, 3.05) is 24.6 Å². The van der Waals surface area contributed by atoms with E-state index in [9.17, 15) is 0 Å². The summed E-state index contributed by atoms with van der Waals surface area (Å²) < 4.78 is 11.7. The first-order chi connectivity index (χ1) is 12.7. The molecular formula is C20H22N4O2. The number of aryl methyl sites for hydroxylation is 2. The third-order valence-electron chi connectivity index (χ3n) is 4.54. The van der Waals surface area contributed by atoms with Gasteiger partial charge in [0.15, 0.2) is 5.82 Å². The average molecular weight is 350 g/mol. The van der Waals surface area contributed by atoms with E-state index >= 15 is 0 Å². The predicted molar refractivity (Wildman–Crippen MR) is 99.0 cm³/mol. The Hall–Kier alpha value is -2.73. The molecule has 4 heterocycles. The second kappa shape index (κ2) is 7.25. The van der Waals surface area contributed by atoms with Gasteiger partial charge in [0.2, 0.25) is 0 Å². The number of pyridine rings is 1. The zero-order chi connectivity index (χ0) is 17.9. The van der Waals surface area contributed by atoms with Gasteiger partial charge in [-0.15, -0.1) is 0 Å². The highest BCUT2D eigenvalue weighted by Gasteiger charge is 2.26. The average Bonchev–Trinajstić information content (AvgIpc) is 3.15. The minimum absolute atomic E-state index is 0.0816. The van der Waals surface area contributed by atoms with Gasteiger partial charge in [-0.3, -0.25) is 4.98 Å². The summed E-state index contributed by atoms with van der Waals surface area (Å²) in [4.78, 5) is 15.8. The number of hydrogen-bond acceptors (Lipinski definition) is 6. The summed E-state index contributed by atoms with van der Waals surface area (Å²) in [6.45, 7) is 6.20. The van der Waals surface area contributed by atoms with Crippen LogP contribution < -0.4 is 4.90 Å². The van der Waals surface area contributed by atoms with Crippen molar-refractivity contribution in [3.05, 3.63) is 59.9 Å². The van der Waals surface area contributed by atoms with Crippen LogP contribution in [-0.2, 0) is 11.2 Å². The molecule has 1 aliphatic heterocycles. The fourth-order valence-corrected chi connectivity index (χ4v) is 3.11. The van der Waals surface area contributed by atoms with E-state index in [0.29, 0.717) is 13.2 Å². The molecule has 0 amide bonds. The Morgan fingerprint density at radius 2 is 2.00 bits per heavy atom. The molecule has 1 saturated heterocycles. The zero-order valence-corrected chi connectivity index (χ0v) is 15.1. The van der Waals surface area contributed by atoms with E-state index in [1.807, 2.05) is 31.2 Å². The summed E-state index contributed by atoms with van der Waals surface area (Å²) in [6.07, 6.45) is 4.31. The Morgan fingerprint density at radius 1 is 1.15 bits per heavy atom. The molecule has 1 fully saturated rings. The normalized spacial score (nSPS) is 17.5. The maximum Gasteiger partial charge on any atom is 0.161 e. The summed E-state index contributed by atoms with van der Waals surface area (Å²) >= 11 is 0. The molecule has 0 radical (unpaired) electrons. The third-order valence-corrected chi connectivity index (χ3v) is 4.54. The van der Waals surface area contributed by atoms with Gasteiger partial charge in [-0.05, 0) is 37.6 Å². The van der Waals surface area contributed by atoms with E-state index in [-0.39, 0.29) is 6.10 Å². The van der Waals surface area contributed by atoms with Gasteiger partial charge in [0.25, 0.3) is 0 Å². The Labute approximate surface area is 152 Å². The van der Waals surface area contributed by atoms with Crippen molar-refractivity contribution in [1.82, 2.24) is 15.0 Å². The molecule has 134 valence electrons. The molecule has 3 aromatic heterocycles. The zero-order valence-electron chi connectivity index (χ0n) is 15.1. The molecule has 0 unspecified atom stereocenters. The number of aromatic nitrogens is 3. The second-order valence-corrected chi connectivity index (χ2v) is 6.38. The van der Waals surface area contributed by atoms with E-state index in [2.05, 4.69) is 27.9 Å². The van der Waals surface area contributed by atoms with E-state index in [1.165, 1.54) is 0 Å². The van der Waals surface area contributed by atoms with Crippen LogP contribution in [0.2, 0.25) is 0 Å². The van der Waals surface area contributed by atoms with Gasteiger partial charge in [0, 0.05) is 36.3 Å². The van der Waals surface area contributed by atoms with E-state index < -0.39 is 0 Å². The van der Waals surface area contributed by atoms with E-state index in [0.717, 1.165) is 47.4 Å². The number of anilines is 1. The lowest BCUT2D eigenvalue weighted by Crippen LogP contribution is -2.39. The van der Waals surface area contributed by atoms with Gasteiger partial charge >= 0.3 is 0 Å². The lowest BCUT2D eigenvalue weighted by Gasteiger charge is -2.33. The Balaban J connectivity index is 1.64. The minimum Gasteiger partial charge on any atom is -0.464 e. The Bertz CT molecular complexity index is 879. The van der Waals surface area contributed by atoms with Crippen LogP contribution in [0.15, 0.2) is 47.1 Å². The third kappa shape index (κ3) is 3.46. The highest BCUT2D eigenvalue weighted by atomic mass is 16.5.